The van der Waals surface area contributed by atoms with Gasteiger partial charge in [-0.05, 0) is 36.7 Å². The Labute approximate surface area is 111 Å². The van der Waals surface area contributed by atoms with E-state index in [4.69, 9.17) is 4.74 Å². The predicted molar refractivity (Wildman–Crippen MR) is 73.5 cm³/mol. The number of halogens is 1. The van der Waals surface area contributed by atoms with E-state index in [2.05, 4.69) is 50.4 Å². The van der Waals surface area contributed by atoms with Crippen LogP contribution in [0.3, 0.4) is 0 Å². The molecular weight excluding hydrogens is 284 g/mol. The van der Waals surface area contributed by atoms with Gasteiger partial charge in [0.05, 0.1) is 16.6 Å². The first kappa shape index (κ1) is 14.2. The topological polar surface area (TPSA) is 59.1 Å². The minimum atomic E-state index is -0.185. The number of hydrogen-bond donors (Lipinski definition) is 2. The lowest BCUT2D eigenvalue weighted by molar-refractivity contribution is 0.158. The summed E-state index contributed by atoms with van der Waals surface area (Å²) in [7, 11) is 1.68. The molecule has 5 nitrogen and oxygen atoms in total. The average Bonchev–Trinajstić information content (AvgIpc) is 2.23. The van der Waals surface area contributed by atoms with Crippen LogP contribution in [0.5, 0.6) is 0 Å². The molecule has 0 aromatic carbocycles. The van der Waals surface area contributed by atoms with Crippen molar-refractivity contribution in [3.8, 4) is 0 Å². The number of anilines is 2. The fourth-order valence-corrected chi connectivity index (χ4v) is 1.71. The molecule has 0 saturated heterocycles. The third-order valence-corrected chi connectivity index (χ3v) is 2.62. The molecule has 0 radical (unpaired) electrons. The molecule has 0 saturated carbocycles. The van der Waals surface area contributed by atoms with E-state index in [0.717, 1.165) is 16.8 Å². The van der Waals surface area contributed by atoms with Crippen LogP contribution in [-0.4, -0.2) is 35.8 Å². The summed E-state index contributed by atoms with van der Waals surface area (Å²) in [5, 5.41) is 6.40. The highest BCUT2D eigenvalue weighted by Gasteiger charge is 2.19. The van der Waals surface area contributed by atoms with Gasteiger partial charge in [0.2, 0.25) is 5.95 Å². The maximum Gasteiger partial charge on any atom is 0.224 e. The normalized spacial score (nSPS) is 11.4. The lowest BCUT2D eigenvalue weighted by atomic mass is 10.1. The standard InChI is InChI=1S/C11H19BrN4O/c1-5-13-10-14-6-8(12)9(15-10)16-11(2,3)7-17-4/h6H,5,7H2,1-4H3,(H2,13,14,15,16). The Kier molecular flexibility index (Phi) is 5.14. The lowest BCUT2D eigenvalue weighted by Crippen LogP contribution is -2.36. The molecule has 0 atom stereocenters. The van der Waals surface area contributed by atoms with Crippen molar-refractivity contribution in [2.75, 3.05) is 30.9 Å². The van der Waals surface area contributed by atoms with E-state index in [1.54, 1.807) is 13.3 Å². The van der Waals surface area contributed by atoms with Crippen LogP contribution < -0.4 is 10.6 Å². The first-order valence-corrected chi connectivity index (χ1v) is 6.31. The molecular formula is C11H19BrN4O. The van der Waals surface area contributed by atoms with Crippen molar-refractivity contribution in [3.63, 3.8) is 0 Å². The summed E-state index contributed by atoms with van der Waals surface area (Å²) >= 11 is 3.43. The molecule has 1 aromatic heterocycles. The van der Waals surface area contributed by atoms with Crippen molar-refractivity contribution < 1.29 is 4.74 Å². The summed E-state index contributed by atoms with van der Waals surface area (Å²) < 4.78 is 6.00. The van der Waals surface area contributed by atoms with E-state index < -0.39 is 0 Å². The zero-order valence-electron chi connectivity index (χ0n) is 10.7. The maximum absolute atomic E-state index is 5.16. The third kappa shape index (κ3) is 4.47. The SMILES string of the molecule is CCNc1ncc(Br)c(NC(C)(C)COC)n1. The Morgan fingerprint density at radius 3 is 2.76 bits per heavy atom. The summed E-state index contributed by atoms with van der Waals surface area (Å²) in [4.78, 5) is 8.56. The molecule has 6 heteroatoms. The molecule has 1 aromatic rings. The van der Waals surface area contributed by atoms with E-state index in [-0.39, 0.29) is 5.54 Å². The van der Waals surface area contributed by atoms with Gasteiger partial charge in [-0.25, -0.2) is 4.98 Å². The van der Waals surface area contributed by atoms with Gasteiger partial charge in [0.1, 0.15) is 5.82 Å². The summed E-state index contributed by atoms with van der Waals surface area (Å²) in [5.41, 5.74) is -0.185. The molecule has 17 heavy (non-hydrogen) atoms. The second-order valence-corrected chi connectivity index (χ2v) is 5.22. The van der Waals surface area contributed by atoms with Crippen molar-refractivity contribution in [2.45, 2.75) is 26.3 Å². The van der Waals surface area contributed by atoms with Crippen molar-refractivity contribution in [1.82, 2.24) is 9.97 Å². The van der Waals surface area contributed by atoms with Gasteiger partial charge in [-0.15, -0.1) is 0 Å². The molecule has 0 spiro atoms. The number of methoxy groups -OCH3 is 1. The van der Waals surface area contributed by atoms with Crippen LogP contribution in [0.15, 0.2) is 10.7 Å². The minimum Gasteiger partial charge on any atom is -0.382 e. The van der Waals surface area contributed by atoms with Gasteiger partial charge >= 0.3 is 0 Å². The van der Waals surface area contributed by atoms with E-state index in [1.165, 1.54) is 0 Å². The van der Waals surface area contributed by atoms with Crippen molar-refractivity contribution in [2.24, 2.45) is 0 Å². The number of nitrogens with one attached hydrogen (secondary N) is 2. The van der Waals surface area contributed by atoms with Gasteiger partial charge in [-0.3, -0.25) is 0 Å². The van der Waals surface area contributed by atoms with E-state index in [9.17, 15) is 0 Å². The fourth-order valence-electron chi connectivity index (χ4n) is 1.42. The fraction of sp³-hybridized carbons (Fsp3) is 0.636. The molecule has 96 valence electrons. The van der Waals surface area contributed by atoms with Crippen LogP contribution in [0.4, 0.5) is 11.8 Å². The quantitative estimate of drug-likeness (QED) is 0.845. The van der Waals surface area contributed by atoms with Crippen LogP contribution in [0.2, 0.25) is 0 Å². The molecule has 1 rings (SSSR count). The molecule has 1 heterocycles. The van der Waals surface area contributed by atoms with Gasteiger partial charge in [-0.2, -0.15) is 4.98 Å². The number of ether oxygens (including phenoxy) is 1. The molecule has 0 bridgehead atoms. The van der Waals surface area contributed by atoms with Crippen LogP contribution >= 0.6 is 15.9 Å². The number of aromatic nitrogens is 2. The minimum absolute atomic E-state index is 0.185. The van der Waals surface area contributed by atoms with Crippen molar-refractivity contribution in [3.05, 3.63) is 10.7 Å². The third-order valence-electron chi connectivity index (χ3n) is 2.04. The monoisotopic (exact) mass is 302 g/mol. The van der Waals surface area contributed by atoms with E-state index in [0.29, 0.717) is 12.6 Å². The highest BCUT2D eigenvalue weighted by molar-refractivity contribution is 9.10. The van der Waals surface area contributed by atoms with Crippen molar-refractivity contribution in [1.29, 1.82) is 0 Å². The summed E-state index contributed by atoms with van der Waals surface area (Å²) in [6.07, 6.45) is 1.73. The zero-order chi connectivity index (χ0) is 12.9. The Morgan fingerprint density at radius 1 is 1.47 bits per heavy atom. The first-order chi connectivity index (χ1) is 7.98. The molecule has 2 N–H and O–H groups in total. The van der Waals surface area contributed by atoms with Gasteiger partial charge in [0.25, 0.3) is 0 Å². The smallest absolute Gasteiger partial charge is 0.224 e. The van der Waals surface area contributed by atoms with Gasteiger partial charge in [0.15, 0.2) is 0 Å². The summed E-state index contributed by atoms with van der Waals surface area (Å²) in [5.74, 6) is 1.38. The first-order valence-electron chi connectivity index (χ1n) is 5.52. The van der Waals surface area contributed by atoms with Gasteiger partial charge < -0.3 is 15.4 Å². The second kappa shape index (κ2) is 6.16. The summed E-state index contributed by atoms with van der Waals surface area (Å²) in [6, 6.07) is 0. The van der Waals surface area contributed by atoms with Crippen LogP contribution in [-0.2, 0) is 4.74 Å². The number of hydrogen-bond acceptors (Lipinski definition) is 5. The maximum atomic E-state index is 5.16. The molecule has 0 aliphatic heterocycles. The zero-order valence-corrected chi connectivity index (χ0v) is 12.3. The lowest BCUT2D eigenvalue weighted by Gasteiger charge is -2.26. The summed E-state index contributed by atoms with van der Waals surface area (Å²) in [6.45, 7) is 7.51. The molecule has 0 unspecified atom stereocenters. The van der Waals surface area contributed by atoms with Gasteiger partial charge in [-0.1, -0.05) is 0 Å². The predicted octanol–water partition coefficient (Wildman–Crippen LogP) is 2.51. The second-order valence-electron chi connectivity index (χ2n) is 4.36. The van der Waals surface area contributed by atoms with Gasteiger partial charge in [0, 0.05) is 19.9 Å². The molecule has 0 aliphatic rings. The Bertz CT molecular complexity index is 370. The highest BCUT2D eigenvalue weighted by Crippen LogP contribution is 2.23. The molecule has 0 aliphatic carbocycles. The Hall–Kier alpha value is -0.880. The van der Waals surface area contributed by atoms with Crippen LogP contribution in [0.1, 0.15) is 20.8 Å². The molecule has 0 fully saturated rings. The molecule has 0 amide bonds. The Morgan fingerprint density at radius 2 is 2.18 bits per heavy atom. The van der Waals surface area contributed by atoms with Crippen LogP contribution in [0.25, 0.3) is 0 Å². The van der Waals surface area contributed by atoms with Crippen molar-refractivity contribution >= 4 is 27.7 Å². The highest BCUT2D eigenvalue weighted by atomic mass is 79.9. The largest absolute Gasteiger partial charge is 0.382 e. The van der Waals surface area contributed by atoms with E-state index >= 15 is 0 Å². The van der Waals surface area contributed by atoms with Crippen LogP contribution in [0, 0.1) is 0 Å². The van der Waals surface area contributed by atoms with E-state index in [1.807, 2.05) is 6.92 Å². The Balaban J connectivity index is 2.85. The number of nitrogens with zero attached hydrogens (tertiary/aromatic N) is 2. The average molecular weight is 303 g/mol. The number of rotatable bonds is 6.